The Morgan fingerprint density at radius 3 is 2.32 bits per heavy atom. The molecule has 0 saturated carbocycles. The van der Waals surface area contributed by atoms with Crippen LogP contribution in [-0.4, -0.2) is 55.5 Å². The summed E-state index contributed by atoms with van der Waals surface area (Å²) in [6, 6.07) is 6.01. The van der Waals surface area contributed by atoms with Crippen molar-refractivity contribution in [3.63, 3.8) is 0 Å². The van der Waals surface area contributed by atoms with Crippen molar-refractivity contribution in [3.05, 3.63) is 29.3 Å². The number of rotatable bonds is 3. The molecule has 1 amide bonds. The molecule has 4 heteroatoms. The average Bonchev–Trinajstić information content (AvgIpc) is 2.38. The molecule has 0 aliphatic carbocycles. The third-order valence-electron chi connectivity index (χ3n) is 3.60. The van der Waals surface area contributed by atoms with Crippen molar-refractivity contribution in [1.82, 2.24) is 9.80 Å². The molecule has 1 aromatic rings. The fourth-order valence-corrected chi connectivity index (χ4v) is 2.31. The van der Waals surface area contributed by atoms with E-state index in [1.54, 1.807) is 0 Å². The molecule has 4 nitrogen and oxygen atoms in total. The van der Waals surface area contributed by atoms with Crippen molar-refractivity contribution in [2.24, 2.45) is 0 Å². The summed E-state index contributed by atoms with van der Waals surface area (Å²) in [5.41, 5.74) is 2.15. The summed E-state index contributed by atoms with van der Waals surface area (Å²) in [5.74, 6) is 0.917. The lowest BCUT2D eigenvalue weighted by molar-refractivity contribution is -0.134. The first-order valence-electron chi connectivity index (χ1n) is 6.73. The van der Waals surface area contributed by atoms with Crippen molar-refractivity contribution < 1.29 is 9.53 Å². The van der Waals surface area contributed by atoms with E-state index >= 15 is 0 Å². The minimum Gasteiger partial charge on any atom is -0.483 e. The second kappa shape index (κ2) is 6.06. The highest BCUT2D eigenvalue weighted by Crippen LogP contribution is 2.22. The van der Waals surface area contributed by atoms with Gasteiger partial charge in [0.25, 0.3) is 5.91 Å². The summed E-state index contributed by atoms with van der Waals surface area (Å²) in [6.07, 6.45) is 0. The van der Waals surface area contributed by atoms with Gasteiger partial charge in [-0.3, -0.25) is 4.79 Å². The second-order valence-corrected chi connectivity index (χ2v) is 5.19. The molecule has 1 heterocycles. The Labute approximate surface area is 115 Å². The van der Waals surface area contributed by atoms with E-state index in [1.165, 1.54) is 0 Å². The van der Waals surface area contributed by atoms with E-state index in [2.05, 4.69) is 11.9 Å². The quantitative estimate of drug-likeness (QED) is 0.826. The lowest BCUT2D eigenvalue weighted by Crippen LogP contribution is -2.48. The van der Waals surface area contributed by atoms with Crippen LogP contribution in [0.1, 0.15) is 11.1 Å². The molecule has 19 heavy (non-hydrogen) atoms. The predicted molar refractivity (Wildman–Crippen MR) is 75.5 cm³/mol. The number of aryl methyl sites for hydroxylation is 2. The smallest absolute Gasteiger partial charge is 0.260 e. The van der Waals surface area contributed by atoms with Crippen molar-refractivity contribution in [2.75, 3.05) is 39.8 Å². The first-order valence-corrected chi connectivity index (χ1v) is 6.73. The average molecular weight is 262 g/mol. The summed E-state index contributed by atoms with van der Waals surface area (Å²) in [4.78, 5) is 16.2. The summed E-state index contributed by atoms with van der Waals surface area (Å²) in [6.45, 7) is 7.61. The molecule has 0 atom stereocenters. The fraction of sp³-hybridized carbons (Fsp3) is 0.533. The summed E-state index contributed by atoms with van der Waals surface area (Å²) >= 11 is 0. The zero-order chi connectivity index (χ0) is 13.8. The van der Waals surface area contributed by atoms with E-state index in [0.29, 0.717) is 0 Å². The van der Waals surface area contributed by atoms with E-state index in [4.69, 9.17) is 4.74 Å². The third-order valence-corrected chi connectivity index (χ3v) is 3.60. The van der Waals surface area contributed by atoms with Crippen molar-refractivity contribution in [1.29, 1.82) is 0 Å². The second-order valence-electron chi connectivity index (χ2n) is 5.19. The van der Waals surface area contributed by atoms with E-state index in [-0.39, 0.29) is 12.5 Å². The van der Waals surface area contributed by atoms with Crippen LogP contribution in [0, 0.1) is 13.8 Å². The molecule has 0 bridgehead atoms. The highest BCUT2D eigenvalue weighted by Gasteiger charge is 2.19. The highest BCUT2D eigenvalue weighted by molar-refractivity contribution is 5.78. The van der Waals surface area contributed by atoms with E-state index in [9.17, 15) is 4.79 Å². The molecular formula is C15H22N2O2. The van der Waals surface area contributed by atoms with Crippen LogP contribution in [0.15, 0.2) is 18.2 Å². The molecule has 0 spiro atoms. The van der Waals surface area contributed by atoms with Crippen LogP contribution in [0.25, 0.3) is 0 Å². The zero-order valence-corrected chi connectivity index (χ0v) is 12.0. The molecule has 1 fully saturated rings. The maximum Gasteiger partial charge on any atom is 0.260 e. The number of ether oxygens (including phenoxy) is 1. The number of carbonyl (C=O) groups is 1. The van der Waals surface area contributed by atoms with Crippen LogP contribution in [-0.2, 0) is 4.79 Å². The van der Waals surface area contributed by atoms with Gasteiger partial charge in [-0.1, -0.05) is 18.2 Å². The SMILES string of the molecule is Cc1cccc(C)c1OCC(=O)N1CCN(C)CC1. The number of likely N-dealkylation sites (N-methyl/N-ethyl adjacent to an activating group) is 1. The lowest BCUT2D eigenvalue weighted by Gasteiger charge is -2.32. The van der Waals surface area contributed by atoms with Crippen molar-refractivity contribution in [2.45, 2.75) is 13.8 Å². The maximum atomic E-state index is 12.1. The number of para-hydroxylation sites is 1. The minimum absolute atomic E-state index is 0.0794. The van der Waals surface area contributed by atoms with Gasteiger partial charge in [-0.2, -0.15) is 0 Å². The van der Waals surface area contributed by atoms with E-state index < -0.39 is 0 Å². The van der Waals surface area contributed by atoms with E-state index in [0.717, 1.165) is 43.1 Å². The summed E-state index contributed by atoms with van der Waals surface area (Å²) in [5, 5.41) is 0. The Kier molecular flexibility index (Phi) is 4.43. The lowest BCUT2D eigenvalue weighted by atomic mass is 10.1. The van der Waals surface area contributed by atoms with Crippen LogP contribution >= 0.6 is 0 Å². The van der Waals surface area contributed by atoms with Crippen LogP contribution in [0.4, 0.5) is 0 Å². The molecule has 1 aliphatic rings. The van der Waals surface area contributed by atoms with Gasteiger partial charge in [0.1, 0.15) is 5.75 Å². The predicted octanol–water partition coefficient (Wildman–Crippen LogP) is 1.46. The molecule has 0 unspecified atom stereocenters. The Balaban J connectivity index is 1.90. The Morgan fingerprint density at radius 2 is 1.74 bits per heavy atom. The number of benzene rings is 1. The number of carbonyl (C=O) groups excluding carboxylic acids is 1. The van der Waals surface area contributed by atoms with E-state index in [1.807, 2.05) is 36.9 Å². The number of piperazine rings is 1. The first-order chi connectivity index (χ1) is 9.08. The number of nitrogens with zero attached hydrogens (tertiary/aromatic N) is 2. The van der Waals surface area contributed by atoms with Gasteiger partial charge in [0.2, 0.25) is 0 Å². The van der Waals surface area contributed by atoms with Gasteiger partial charge in [0.15, 0.2) is 6.61 Å². The van der Waals surface area contributed by atoms with Gasteiger partial charge in [-0.15, -0.1) is 0 Å². The van der Waals surface area contributed by atoms with Crippen LogP contribution in [0.3, 0.4) is 0 Å². The molecular weight excluding hydrogens is 240 g/mol. The Morgan fingerprint density at radius 1 is 1.16 bits per heavy atom. The van der Waals surface area contributed by atoms with Gasteiger partial charge in [-0.05, 0) is 32.0 Å². The number of amides is 1. The van der Waals surface area contributed by atoms with Gasteiger partial charge in [-0.25, -0.2) is 0 Å². The normalized spacial score (nSPS) is 16.5. The van der Waals surface area contributed by atoms with Gasteiger partial charge >= 0.3 is 0 Å². The van der Waals surface area contributed by atoms with Crippen LogP contribution < -0.4 is 4.74 Å². The fourth-order valence-electron chi connectivity index (χ4n) is 2.31. The molecule has 0 radical (unpaired) electrons. The highest BCUT2D eigenvalue weighted by atomic mass is 16.5. The van der Waals surface area contributed by atoms with Crippen molar-refractivity contribution in [3.8, 4) is 5.75 Å². The molecule has 2 rings (SSSR count). The van der Waals surface area contributed by atoms with Gasteiger partial charge in [0, 0.05) is 26.2 Å². The van der Waals surface area contributed by atoms with Gasteiger partial charge in [0.05, 0.1) is 0 Å². The minimum atomic E-state index is 0.0794. The summed E-state index contributed by atoms with van der Waals surface area (Å²) in [7, 11) is 2.08. The molecule has 104 valence electrons. The van der Waals surface area contributed by atoms with Gasteiger partial charge < -0.3 is 14.5 Å². The standard InChI is InChI=1S/C15H22N2O2/c1-12-5-4-6-13(2)15(12)19-11-14(18)17-9-7-16(3)8-10-17/h4-6H,7-11H2,1-3H3. The summed E-state index contributed by atoms with van der Waals surface area (Å²) < 4.78 is 5.70. The number of hydrogen-bond donors (Lipinski definition) is 0. The zero-order valence-electron chi connectivity index (χ0n) is 12.0. The van der Waals surface area contributed by atoms with Crippen LogP contribution in [0.5, 0.6) is 5.75 Å². The third kappa shape index (κ3) is 3.47. The largest absolute Gasteiger partial charge is 0.483 e. The molecule has 1 saturated heterocycles. The Bertz CT molecular complexity index is 431. The maximum absolute atomic E-state index is 12.1. The molecule has 1 aromatic carbocycles. The van der Waals surface area contributed by atoms with Crippen molar-refractivity contribution >= 4 is 5.91 Å². The topological polar surface area (TPSA) is 32.8 Å². The molecule has 0 aromatic heterocycles. The molecule has 1 aliphatic heterocycles. The Hall–Kier alpha value is -1.55. The monoisotopic (exact) mass is 262 g/mol. The molecule has 0 N–H and O–H groups in total. The number of hydrogen-bond acceptors (Lipinski definition) is 3. The first kappa shape index (κ1) is 13.9. The van der Waals surface area contributed by atoms with Crippen LogP contribution in [0.2, 0.25) is 0 Å².